The summed E-state index contributed by atoms with van der Waals surface area (Å²) in [6.45, 7) is 0. The summed E-state index contributed by atoms with van der Waals surface area (Å²) in [7, 11) is 8.04. The van der Waals surface area contributed by atoms with Gasteiger partial charge in [-0.05, 0) is 48.5 Å². The second kappa shape index (κ2) is 6.73. The Morgan fingerprint density at radius 2 is 0.952 bits per heavy atom. The van der Waals surface area contributed by atoms with E-state index >= 15 is 0 Å². The lowest BCUT2D eigenvalue weighted by Gasteiger charge is -2.11. The molecule has 0 aliphatic carbocycles. The second-order valence-electron chi connectivity index (χ2n) is 5.15. The van der Waals surface area contributed by atoms with Gasteiger partial charge in [0.25, 0.3) is 0 Å². The number of benzene rings is 2. The predicted molar refractivity (Wildman–Crippen MR) is 90.7 cm³/mol. The van der Waals surface area contributed by atoms with E-state index in [1.54, 1.807) is 0 Å². The summed E-state index contributed by atoms with van der Waals surface area (Å²) in [4.78, 5) is 12.5. The molecule has 0 N–H and O–H groups in total. The van der Waals surface area contributed by atoms with E-state index in [-0.39, 0.29) is 0 Å². The molecule has 4 nitrogen and oxygen atoms in total. The maximum Gasteiger partial charge on any atom is 0.100 e. The molecule has 2 aromatic carbocycles. The summed E-state index contributed by atoms with van der Waals surface area (Å²) >= 11 is 0. The van der Waals surface area contributed by atoms with Crippen LogP contribution in [0.2, 0.25) is 0 Å². The number of anilines is 2. The van der Waals surface area contributed by atoms with Gasteiger partial charge in [-0.15, -0.1) is 0 Å². The Labute approximate surface area is 126 Å². The van der Waals surface area contributed by atoms with Gasteiger partial charge >= 0.3 is 0 Å². The molecule has 21 heavy (non-hydrogen) atoms. The third-order valence-electron chi connectivity index (χ3n) is 3.09. The van der Waals surface area contributed by atoms with Gasteiger partial charge in [-0.1, -0.05) is 0 Å². The van der Waals surface area contributed by atoms with Crippen LogP contribution >= 0.6 is 0 Å². The van der Waals surface area contributed by atoms with Gasteiger partial charge < -0.3 is 9.80 Å². The molecule has 0 unspecified atom stereocenters. The minimum absolute atomic E-state index is 0.842. The van der Waals surface area contributed by atoms with Crippen molar-refractivity contribution in [1.29, 1.82) is 0 Å². The van der Waals surface area contributed by atoms with Crippen LogP contribution in [0.3, 0.4) is 0 Å². The molecular formula is C17H20N4. The lowest BCUT2D eigenvalue weighted by atomic mass is 10.3. The zero-order valence-corrected chi connectivity index (χ0v) is 12.9. The Kier molecular flexibility index (Phi) is 4.75. The smallest absolute Gasteiger partial charge is 0.100 e. The molecule has 0 aliphatic rings. The van der Waals surface area contributed by atoms with E-state index < -0.39 is 0 Å². The van der Waals surface area contributed by atoms with Crippen molar-refractivity contribution >= 4 is 28.8 Å². The molecule has 108 valence electrons. The van der Waals surface area contributed by atoms with Gasteiger partial charge in [-0.2, -0.15) is 9.98 Å². The normalized spacial score (nSPS) is 9.71. The van der Waals surface area contributed by atoms with Crippen LogP contribution < -0.4 is 9.80 Å². The quantitative estimate of drug-likeness (QED) is 0.794. The topological polar surface area (TPSA) is 31.2 Å². The molecule has 0 heterocycles. The average molecular weight is 280 g/mol. The summed E-state index contributed by atoms with van der Waals surface area (Å²) in [5.74, 6) is 0. The fraction of sp³-hybridized carbons (Fsp3) is 0.235. The molecule has 0 fully saturated rings. The van der Waals surface area contributed by atoms with E-state index in [0.29, 0.717) is 0 Å². The van der Waals surface area contributed by atoms with Gasteiger partial charge in [0.05, 0.1) is 11.4 Å². The fourth-order valence-electron chi connectivity index (χ4n) is 1.79. The number of nitrogens with zero attached hydrogens (tertiary/aromatic N) is 4. The lowest BCUT2D eigenvalue weighted by Crippen LogP contribution is -2.07. The van der Waals surface area contributed by atoms with E-state index in [1.807, 2.05) is 86.5 Å². The van der Waals surface area contributed by atoms with Crippen molar-refractivity contribution in [3.8, 4) is 0 Å². The van der Waals surface area contributed by atoms with Gasteiger partial charge in [-0.3, -0.25) is 0 Å². The third kappa shape index (κ3) is 4.20. The average Bonchev–Trinajstić information content (AvgIpc) is 2.48. The molecule has 2 rings (SSSR count). The maximum atomic E-state index is 4.21. The van der Waals surface area contributed by atoms with E-state index in [9.17, 15) is 0 Å². The summed E-state index contributed by atoms with van der Waals surface area (Å²) in [6, 6.07) is 18.6. The van der Waals surface area contributed by atoms with Crippen LogP contribution in [-0.2, 0) is 0 Å². The van der Waals surface area contributed by atoms with Gasteiger partial charge in [0.2, 0.25) is 0 Å². The van der Waals surface area contributed by atoms with Crippen molar-refractivity contribution in [3.05, 3.63) is 48.5 Å². The molecule has 0 radical (unpaired) electrons. The second-order valence-corrected chi connectivity index (χ2v) is 5.15. The van der Waals surface area contributed by atoms with Crippen molar-refractivity contribution < 1.29 is 0 Å². The summed E-state index contributed by atoms with van der Waals surface area (Å²) in [5.41, 5.74) is 3.97. The molecule has 0 bridgehead atoms. The number of rotatable bonds is 4. The molecule has 0 atom stereocenters. The molecule has 0 saturated carbocycles. The summed E-state index contributed by atoms with van der Waals surface area (Å²) in [6.07, 6.45) is 0. The summed E-state index contributed by atoms with van der Waals surface area (Å²) in [5, 5.41) is 0. The zero-order valence-electron chi connectivity index (χ0n) is 12.9. The van der Waals surface area contributed by atoms with Crippen LogP contribution in [-0.4, -0.2) is 34.2 Å². The third-order valence-corrected chi connectivity index (χ3v) is 3.09. The van der Waals surface area contributed by atoms with Crippen LogP contribution in [0.25, 0.3) is 0 Å². The van der Waals surface area contributed by atoms with Crippen molar-refractivity contribution in [2.75, 3.05) is 38.0 Å². The van der Waals surface area contributed by atoms with E-state index in [1.165, 1.54) is 0 Å². The van der Waals surface area contributed by atoms with Gasteiger partial charge in [-0.25, -0.2) is 0 Å². The first-order valence-electron chi connectivity index (χ1n) is 6.77. The van der Waals surface area contributed by atoms with Gasteiger partial charge in [0, 0.05) is 39.6 Å². The minimum Gasteiger partial charge on any atom is -0.378 e. The monoisotopic (exact) mass is 280 g/mol. The Morgan fingerprint density at radius 1 is 0.619 bits per heavy atom. The molecule has 0 saturated heterocycles. The first kappa shape index (κ1) is 14.8. The summed E-state index contributed by atoms with van der Waals surface area (Å²) < 4.78 is 0. The fourth-order valence-corrected chi connectivity index (χ4v) is 1.79. The zero-order chi connectivity index (χ0) is 15.2. The van der Waals surface area contributed by atoms with Crippen molar-refractivity contribution in [1.82, 2.24) is 0 Å². The predicted octanol–water partition coefficient (Wildman–Crippen LogP) is 3.96. The van der Waals surface area contributed by atoms with Crippen molar-refractivity contribution in [3.63, 3.8) is 0 Å². The van der Waals surface area contributed by atoms with Crippen molar-refractivity contribution in [2.24, 2.45) is 9.98 Å². The molecule has 0 aromatic heterocycles. The largest absolute Gasteiger partial charge is 0.378 e. The van der Waals surface area contributed by atoms with E-state index in [2.05, 4.69) is 16.0 Å². The number of hydrogen-bond donors (Lipinski definition) is 0. The van der Waals surface area contributed by atoms with E-state index in [4.69, 9.17) is 0 Å². The first-order chi connectivity index (χ1) is 10.1. The first-order valence-corrected chi connectivity index (χ1v) is 6.77. The van der Waals surface area contributed by atoms with Crippen LogP contribution in [0.5, 0.6) is 0 Å². The Morgan fingerprint density at radius 3 is 1.24 bits per heavy atom. The Bertz CT molecular complexity index is 578. The lowest BCUT2D eigenvalue weighted by molar-refractivity contribution is 1.13. The molecule has 4 heteroatoms. The standard InChI is InChI=1S/C17H20N4/c1-20(2)16-9-5-14(6-10-16)18-13-19-15-7-11-17(12-8-15)21(3)4/h5-12H,1-4H3. The highest BCUT2D eigenvalue weighted by Gasteiger charge is 1.95. The highest BCUT2D eigenvalue weighted by molar-refractivity contribution is 5.61. The van der Waals surface area contributed by atoms with Crippen LogP contribution in [0.1, 0.15) is 0 Å². The molecule has 2 aromatic rings. The number of hydrogen-bond acceptors (Lipinski definition) is 4. The minimum atomic E-state index is 0.842. The SMILES string of the molecule is CN(C)c1ccc(N=C=Nc2ccc(N(C)C)cc2)cc1. The van der Waals surface area contributed by atoms with Crippen molar-refractivity contribution in [2.45, 2.75) is 0 Å². The van der Waals surface area contributed by atoms with Crippen LogP contribution in [0, 0.1) is 0 Å². The molecule has 0 amide bonds. The molecule has 0 aliphatic heterocycles. The van der Waals surface area contributed by atoms with Crippen LogP contribution in [0.15, 0.2) is 58.5 Å². The van der Waals surface area contributed by atoms with Crippen LogP contribution in [0.4, 0.5) is 22.7 Å². The highest BCUT2D eigenvalue weighted by Crippen LogP contribution is 2.19. The molecule has 0 spiro atoms. The molecular weight excluding hydrogens is 260 g/mol. The number of aliphatic imine (C=N–C) groups is 2. The van der Waals surface area contributed by atoms with Gasteiger partial charge in [0.15, 0.2) is 0 Å². The Hall–Kier alpha value is -2.58. The van der Waals surface area contributed by atoms with Gasteiger partial charge in [0.1, 0.15) is 6.01 Å². The Balaban J connectivity index is 2.09. The maximum absolute atomic E-state index is 4.21. The highest BCUT2D eigenvalue weighted by atomic mass is 15.1. The van der Waals surface area contributed by atoms with E-state index in [0.717, 1.165) is 22.7 Å².